The zero-order chi connectivity index (χ0) is 26.6. The molecule has 0 atom stereocenters. The molecule has 39 heavy (non-hydrogen) atoms. The van der Waals surface area contributed by atoms with E-state index in [1.54, 1.807) is 12.5 Å². The van der Waals surface area contributed by atoms with Crippen LogP contribution in [0.25, 0.3) is 10.9 Å². The number of pyridine rings is 1. The third-order valence-corrected chi connectivity index (χ3v) is 8.56. The monoisotopic (exact) mass is 529 g/mol. The van der Waals surface area contributed by atoms with Gasteiger partial charge in [-0.25, -0.2) is 19.7 Å². The molecule has 3 fully saturated rings. The summed E-state index contributed by atoms with van der Waals surface area (Å²) >= 11 is 0. The molecule has 0 bridgehead atoms. The third-order valence-electron chi connectivity index (χ3n) is 8.56. The molecule has 0 unspecified atom stereocenters. The molecule has 9 heteroatoms. The zero-order valence-corrected chi connectivity index (χ0v) is 22.9. The number of amides is 2. The molecule has 0 saturated carbocycles. The van der Waals surface area contributed by atoms with Gasteiger partial charge in [0.05, 0.1) is 29.7 Å². The Kier molecular flexibility index (Phi) is 7.76. The van der Waals surface area contributed by atoms with Gasteiger partial charge in [-0.05, 0) is 88.8 Å². The minimum Gasteiger partial charge on any atom is -0.493 e. The van der Waals surface area contributed by atoms with Crippen LogP contribution >= 0.6 is 0 Å². The second kappa shape index (κ2) is 11.7. The van der Waals surface area contributed by atoms with Crippen molar-refractivity contribution in [1.82, 2.24) is 24.8 Å². The molecule has 0 spiro atoms. The summed E-state index contributed by atoms with van der Waals surface area (Å²) < 4.78 is 6.16. The Bertz CT molecular complexity index is 1260. The average Bonchev–Trinajstić information content (AvgIpc) is 3.52. The van der Waals surface area contributed by atoms with Gasteiger partial charge in [-0.15, -0.1) is 0 Å². The quantitative estimate of drug-likeness (QED) is 0.493. The van der Waals surface area contributed by atoms with E-state index in [1.807, 2.05) is 23.1 Å². The van der Waals surface area contributed by atoms with Crippen molar-refractivity contribution < 1.29 is 9.53 Å². The summed E-state index contributed by atoms with van der Waals surface area (Å²) in [5.74, 6) is 2.78. The van der Waals surface area contributed by atoms with Crippen LogP contribution in [0.4, 0.5) is 16.3 Å². The average molecular weight is 530 g/mol. The van der Waals surface area contributed by atoms with Gasteiger partial charge in [-0.1, -0.05) is 0 Å². The van der Waals surface area contributed by atoms with E-state index in [4.69, 9.17) is 4.74 Å². The van der Waals surface area contributed by atoms with E-state index in [-0.39, 0.29) is 6.03 Å². The molecule has 3 saturated heterocycles. The predicted molar refractivity (Wildman–Crippen MR) is 154 cm³/mol. The predicted octanol–water partition coefficient (Wildman–Crippen LogP) is 4.76. The topological polar surface area (TPSA) is 86.7 Å². The number of fused-ring (bicyclic) bond motifs is 1. The highest BCUT2D eigenvalue weighted by molar-refractivity contribution is 5.89. The Balaban J connectivity index is 1.03. The van der Waals surface area contributed by atoms with Gasteiger partial charge in [0, 0.05) is 43.5 Å². The number of rotatable bonds is 6. The number of benzene rings is 1. The number of piperidine rings is 2. The van der Waals surface area contributed by atoms with Crippen LogP contribution in [0.5, 0.6) is 5.75 Å². The lowest BCUT2D eigenvalue weighted by molar-refractivity contribution is 0.160. The highest BCUT2D eigenvalue weighted by Crippen LogP contribution is 2.32. The molecule has 3 aliphatic heterocycles. The summed E-state index contributed by atoms with van der Waals surface area (Å²) in [5.41, 5.74) is 2.73. The molecule has 0 aliphatic carbocycles. The number of aromatic nitrogens is 3. The van der Waals surface area contributed by atoms with Crippen molar-refractivity contribution in [2.75, 3.05) is 63.1 Å². The second-order valence-corrected chi connectivity index (χ2v) is 11.3. The molecule has 2 aromatic heterocycles. The molecular weight excluding hydrogens is 490 g/mol. The number of likely N-dealkylation sites (tertiary alicyclic amines) is 2. The SMILES string of the molecule is CN1CCC(COc2ccc3c(C4CCN(C(=O)Nc5ccc(N6CCCC6)nc5)CC4)ncnc3c2)CC1. The Labute approximate surface area is 230 Å². The fraction of sp³-hybridized carbons (Fsp3) is 0.533. The lowest BCUT2D eigenvalue weighted by Crippen LogP contribution is -2.40. The van der Waals surface area contributed by atoms with Crippen LogP contribution in [0.3, 0.4) is 0 Å². The molecule has 9 nitrogen and oxygen atoms in total. The van der Waals surface area contributed by atoms with E-state index in [2.05, 4.69) is 49.2 Å². The largest absolute Gasteiger partial charge is 0.493 e. The van der Waals surface area contributed by atoms with Crippen LogP contribution in [0.15, 0.2) is 42.9 Å². The molecule has 1 N–H and O–H groups in total. The van der Waals surface area contributed by atoms with Crippen LogP contribution < -0.4 is 15.0 Å². The zero-order valence-electron chi connectivity index (χ0n) is 22.9. The number of nitrogens with one attached hydrogen (secondary N) is 1. The molecule has 2 amide bonds. The maximum atomic E-state index is 12.9. The van der Waals surface area contributed by atoms with E-state index >= 15 is 0 Å². The summed E-state index contributed by atoms with van der Waals surface area (Å²) in [4.78, 5) is 33.3. The maximum absolute atomic E-state index is 12.9. The molecular formula is C30H39N7O2. The van der Waals surface area contributed by atoms with Gasteiger partial charge < -0.3 is 24.8 Å². The van der Waals surface area contributed by atoms with E-state index in [1.165, 1.54) is 25.7 Å². The number of carbonyl (C=O) groups is 1. The van der Waals surface area contributed by atoms with Crippen molar-refractivity contribution >= 4 is 28.4 Å². The van der Waals surface area contributed by atoms with Gasteiger partial charge in [-0.3, -0.25) is 0 Å². The molecule has 6 rings (SSSR count). The highest BCUT2D eigenvalue weighted by atomic mass is 16.5. The fourth-order valence-electron chi connectivity index (χ4n) is 6.07. The highest BCUT2D eigenvalue weighted by Gasteiger charge is 2.26. The molecule has 1 aromatic carbocycles. The third kappa shape index (κ3) is 6.08. The van der Waals surface area contributed by atoms with Crippen molar-refractivity contribution in [2.45, 2.75) is 44.4 Å². The first-order chi connectivity index (χ1) is 19.1. The number of ether oxygens (including phenoxy) is 1. The van der Waals surface area contributed by atoms with Crippen molar-refractivity contribution in [3.8, 4) is 5.75 Å². The van der Waals surface area contributed by atoms with E-state index in [0.717, 1.165) is 79.5 Å². The van der Waals surface area contributed by atoms with Crippen molar-refractivity contribution in [1.29, 1.82) is 0 Å². The Morgan fingerprint density at radius 2 is 1.74 bits per heavy atom. The van der Waals surface area contributed by atoms with E-state index in [0.29, 0.717) is 24.9 Å². The number of anilines is 2. The maximum Gasteiger partial charge on any atom is 0.321 e. The lowest BCUT2D eigenvalue weighted by Gasteiger charge is -2.32. The van der Waals surface area contributed by atoms with Gasteiger partial charge in [0.2, 0.25) is 0 Å². The van der Waals surface area contributed by atoms with Gasteiger partial charge in [0.1, 0.15) is 17.9 Å². The van der Waals surface area contributed by atoms with Crippen molar-refractivity contribution in [3.05, 3.63) is 48.5 Å². The Morgan fingerprint density at radius 3 is 2.49 bits per heavy atom. The summed E-state index contributed by atoms with van der Waals surface area (Å²) in [6.07, 6.45) is 9.99. The smallest absolute Gasteiger partial charge is 0.321 e. The summed E-state index contributed by atoms with van der Waals surface area (Å²) in [5, 5.41) is 4.10. The van der Waals surface area contributed by atoms with Crippen molar-refractivity contribution in [3.63, 3.8) is 0 Å². The van der Waals surface area contributed by atoms with Gasteiger partial charge >= 0.3 is 6.03 Å². The van der Waals surface area contributed by atoms with Crippen molar-refractivity contribution in [2.24, 2.45) is 5.92 Å². The number of carbonyl (C=O) groups excluding carboxylic acids is 1. The summed E-state index contributed by atoms with van der Waals surface area (Å²) in [7, 11) is 2.18. The number of hydrogen-bond donors (Lipinski definition) is 1. The van der Waals surface area contributed by atoms with Crippen LogP contribution in [0.1, 0.15) is 50.1 Å². The first-order valence-electron chi connectivity index (χ1n) is 14.5. The normalized spacial score (nSPS) is 19.5. The Hall–Kier alpha value is -3.46. The van der Waals surface area contributed by atoms with Crippen LogP contribution in [-0.4, -0.2) is 83.7 Å². The molecule has 0 radical (unpaired) electrons. The van der Waals surface area contributed by atoms with E-state index < -0.39 is 0 Å². The van der Waals surface area contributed by atoms with E-state index in [9.17, 15) is 4.79 Å². The number of hydrogen-bond acceptors (Lipinski definition) is 7. The molecule has 3 aromatic rings. The first kappa shape index (κ1) is 25.8. The number of nitrogens with zero attached hydrogens (tertiary/aromatic N) is 6. The molecule has 5 heterocycles. The first-order valence-corrected chi connectivity index (χ1v) is 14.5. The lowest BCUT2D eigenvalue weighted by atomic mass is 9.91. The summed E-state index contributed by atoms with van der Waals surface area (Å²) in [6, 6.07) is 10.1. The van der Waals surface area contributed by atoms with Gasteiger partial charge in [0.15, 0.2) is 0 Å². The Morgan fingerprint density at radius 1 is 0.949 bits per heavy atom. The van der Waals surface area contributed by atoms with Gasteiger partial charge in [-0.2, -0.15) is 0 Å². The van der Waals surface area contributed by atoms with Crippen LogP contribution in [0.2, 0.25) is 0 Å². The van der Waals surface area contributed by atoms with Gasteiger partial charge in [0.25, 0.3) is 0 Å². The van der Waals surface area contributed by atoms with Crippen LogP contribution in [0, 0.1) is 5.92 Å². The molecule has 3 aliphatic rings. The number of urea groups is 1. The standard InChI is InChI=1S/C30H39N7O2/c1-35-14-8-22(9-15-35)20-39-25-5-6-26-27(18-25)32-21-33-29(26)23-10-16-37(17-11-23)30(38)34-24-4-7-28(31-19-24)36-12-2-3-13-36/h4-7,18-19,21-23H,2-3,8-17,20H2,1H3,(H,34,38). The summed E-state index contributed by atoms with van der Waals surface area (Å²) in [6.45, 7) is 6.55. The fourth-order valence-corrected chi connectivity index (χ4v) is 6.07. The molecule has 206 valence electrons. The minimum absolute atomic E-state index is 0.0666. The minimum atomic E-state index is -0.0666. The second-order valence-electron chi connectivity index (χ2n) is 11.3. The van der Waals surface area contributed by atoms with Crippen LogP contribution in [-0.2, 0) is 0 Å².